The number of carboxylic acids is 1. The Kier molecular flexibility index (Phi) is 7.91. The van der Waals surface area contributed by atoms with Crippen LogP contribution >= 0.6 is 28.6 Å². The van der Waals surface area contributed by atoms with Gasteiger partial charge in [0.1, 0.15) is 5.69 Å². The van der Waals surface area contributed by atoms with E-state index in [1.54, 1.807) is 30.3 Å². The first-order chi connectivity index (χ1) is 19.3. The van der Waals surface area contributed by atoms with Crippen molar-refractivity contribution >= 4 is 51.3 Å². The van der Waals surface area contributed by atoms with E-state index < -0.39 is 11.9 Å². The van der Waals surface area contributed by atoms with Gasteiger partial charge in [-0.3, -0.25) is 9.36 Å². The topological polar surface area (TPSA) is 85.6 Å². The fourth-order valence-corrected chi connectivity index (χ4v) is 5.47. The van der Waals surface area contributed by atoms with E-state index in [1.807, 2.05) is 66.7 Å². The van der Waals surface area contributed by atoms with Gasteiger partial charge < -0.3 is 9.84 Å². The van der Waals surface area contributed by atoms with E-state index in [0.29, 0.717) is 16.3 Å². The van der Waals surface area contributed by atoms with Crippen molar-refractivity contribution in [1.82, 2.24) is 4.57 Å². The fraction of sp³-hybridized carbons (Fsp3) is 0.0938. The number of esters is 1. The molecule has 0 aliphatic heterocycles. The Morgan fingerprint density at radius 3 is 2.12 bits per heavy atom. The highest BCUT2D eigenvalue weighted by atomic mass is 79.9. The maximum absolute atomic E-state index is 13.8. The predicted molar refractivity (Wildman–Crippen MR) is 162 cm³/mol. The molecule has 200 valence electrons. The molecule has 1 aromatic heterocycles. The number of pyridine rings is 1. The number of nitrogens with zero attached hydrogens (tertiary/aromatic N) is 1. The van der Waals surface area contributed by atoms with E-state index in [-0.39, 0.29) is 28.6 Å². The van der Waals surface area contributed by atoms with Crippen LogP contribution in [0.2, 0.25) is 0 Å². The first-order valence-corrected chi connectivity index (χ1v) is 13.7. The lowest BCUT2D eigenvalue weighted by Gasteiger charge is -2.19. The van der Waals surface area contributed by atoms with Gasteiger partial charge in [0.05, 0.1) is 24.5 Å². The average molecular weight is 615 g/mol. The van der Waals surface area contributed by atoms with Crippen LogP contribution in [0.25, 0.3) is 21.9 Å². The maximum atomic E-state index is 13.8. The number of carbonyl (C=O) groups excluding carboxylic acids is 1. The van der Waals surface area contributed by atoms with Crippen LogP contribution < -0.4 is 5.56 Å². The average Bonchev–Trinajstić information content (AvgIpc) is 2.98. The Morgan fingerprint density at radius 2 is 1.52 bits per heavy atom. The quantitative estimate of drug-likeness (QED) is 0.153. The van der Waals surface area contributed by atoms with Gasteiger partial charge in [-0.2, -0.15) is 12.6 Å². The van der Waals surface area contributed by atoms with Gasteiger partial charge in [0.25, 0.3) is 5.56 Å². The number of carboxylic acid groups (broad SMARTS) is 1. The molecule has 1 N–H and O–H groups in total. The summed E-state index contributed by atoms with van der Waals surface area (Å²) in [6.45, 7) is 0.153. The smallest absolute Gasteiger partial charge is 0.355 e. The zero-order valence-corrected chi connectivity index (χ0v) is 23.9. The number of halogens is 1. The highest BCUT2D eigenvalue weighted by Crippen LogP contribution is 2.34. The van der Waals surface area contributed by atoms with Crippen molar-refractivity contribution in [3.05, 3.63) is 140 Å². The number of aromatic nitrogens is 1. The van der Waals surface area contributed by atoms with Gasteiger partial charge in [0, 0.05) is 15.4 Å². The number of thiol groups is 1. The molecule has 1 atom stereocenters. The lowest BCUT2D eigenvalue weighted by atomic mass is 9.96. The first kappa shape index (κ1) is 27.4. The third kappa shape index (κ3) is 5.33. The van der Waals surface area contributed by atoms with Gasteiger partial charge in [-0.25, -0.2) is 9.59 Å². The van der Waals surface area contributed by atoms with Crippen LogP contribution in [-0.2, 0) is 11.3 Å². The second kappa shape index (κ2) is 11.5. The van der Waals surface area contributed by atoms with Crippen molar-refractivity contribution in [1.29, 1.82) is 0 Å². The number of hydrogen-bond acceptors (Lipinski definition) is 5. The van der Waals surface area contributed by atoms with Crippen LogP contribution in [0.5, 0.6) is 0 Å². The minimum atomic E-state index is -0.982. The van der Waals surface area contributed by atoms with Gasteiger partial charge in [0.15, 0.2) is 0 Å². The summed E-state index contributed by atoms with van der Waals surface area (Å²) in [5, 5.41) is 10.0. The monoisotopic (exact) mass is 613 g/mol. The summed E-state index contributed by atoms with van der Waals surface area (Å²) in [4.78, 5) is 38.2. The van der Waals surface area contributed by atoms with E-state index in [1.165, 1.54) is 11.7 Å². The van der Waals surface area contributed by atoms with Crippen LogP contribution in [-0.4, -0.2) is 28.7 Å². The van der Waals surface area contributed by atoms with Gasteiger partial charge in [-0.1, -0.05) is 82.7 Å². The van der Waals surface area contributed by atoms with E-state index in [9.17, 15) is 14.4 Å². The van der Waals surface area contributed by atoms with Crippen molar-refractivity contribution in [2.75, 3.05) is 7.11 Å². The number of carbonyl (C=O) groups is 2. The lowest BCUT2D eigenvalue weighted by Crippen LogP contribution is -2.28. The van der Waals surface area contributed by atoms with Crippen LogP contribution in [0.3, 0.4) is 0 Å². The van der Waals surface area contributed by atoms with Crippen molar-refractivity contribution in [2.45, 2.75) is 11.8 Å². The Hall–Kier alpha value is -4.14. The third-order valence-corrected chi connectivity index (χ3v) is 7.87. The molecular weight excluding hydrogens is 590 g/mol. The molecule has 0 aliphatic rings. The molecule has 1 unspecified atom stereocenters. The molecule has 0 spiro atoms. The summed E-state index contributed by atoms with van der Waals surface area (Å²) in [7, 11) is 1.31. The summed E-state index contributed by atoms with van der Waals surface area (Å²) in [5.74, 6) is -1.58. The summed E-state index contributed by atoms with van der Waals surface area (Å²) in [6, 6.07) is 29.1. The number of hydrogen-bond donors (Lipinski definition) is 2. The molecule has 5 aromatic rings. The molecule has 4 aromatic carbocycles. The Bertz CT molecular complexity index is 1780. The molecule has 0 radical (unpaired) electrons. The van der Waals surface area contributed by atoms with Gasteiger partial charge in [-0.05, 0) is 58.0 Å². The Balaban J connectivity index is 1.59. The molecule has 0 fully saturated rings. The normalized spacial score (nSPS) is 11.8. The number of aromatic carboxylic acids is 1. The summed E-state index contributed by atoms with van der Waals surface area (Å²) in [5.41, 5.74) is 4.10. The summed E-state index contributed by atoms with van der Waals surface area (Å²) < 4.78 is 7.44. The summed E-state index contributed by atoms with van der Waals surface area (Å²) in [6.07, 6.45) is 0. The number of methoxy groups -OCH3 is 1. The second-order valence-electron chi connectivity index (χ2n) is 9.23. The minimum Gasteiger partial charge on any atom is -0.478 e. The lowest BCUT2D eigenvalue weighted by molar-refractivity contribution is 0.0588. The molecule has 0 aliphatic carbocycles. The summed E-state index contributed by atoms with van der Waals surface area (Å²) >= 11 is 8.24. The number of benzene rings is 4. The molecule has 1 heterocycles. The SMILES string of the molecule is COC(=O)c1c(-c2ccccc2)c2cc(Br)ccc2c(=O)n1Cc1ccc(C(S)c2ccc(C(=O)O)cc2)cc1. The molecule has 8 heteroatoms. The van der Waals surface area contributed by atoms with E-state index >= 15 is 0 Å². The molecular formula is C32H24BrNO5S. The van der Waals surface area contributed by atoms with Crippen LogP contribution in [0.1, 0.15) is 42.8 Å². The second-order valence-corrected chi connectivity index (χ2v) is 10.7. The molecule has 40 heavy (non-hydrogen) atoms. The van der Waals surface area contributed by atoms with Crippen LogP contribution in [0.15, 0.2) is 106 Å². The van der Waals surface area contributed by atoms with Gasteiger partial charge in [-0.15, -0.1) is 0 Å². The number of ether oxygens (including phenoxy) is 1. The minimum absolute atomic E-state index is 0.153. The van der Waals surface area contributed by atoms with Crippen molar-refractivity contribution in [2.24, 2.45) is 0 Å². The molecule has 5 rings (SSSR count). The van der Waals surface area contributed by atoms with Gasteiger partial charge in [0.2, 0.25) is 0 Å². The van der Waals surface area contributed by atoms with Crippen molar-refractivity contribution < 1.29 is 19.4 Å². The van der Waals surface area contributed by atoms with Crippen molar-refractivity contribution in [3.8, 4) is 11.1 Å². The third-order valence-electron chi connectivity index (χ3n) is 6.78. The van der Waals surface area contributed by atoms with Crippen LogP contribution in [0, 0.1) is 0 Å². The molecule has 0 amide bonds. The van der Waals surface area contributed by atoms with E-state index in [2.05, 4.69) is 15.9 Å². The highest BCUT2D eigenvalue weighted by molar-refractivity contribution is 9.10. The zero-order chi connectivity index (χ0) is 28.4. The van der Waals surface area contributed by atoms with E-state index in [4.69, 9.17) is 22.5 Å². The van der Waals surface area contributed by atoms with E-state index in [0.717, 1.165) is 26.7 Å². The predicted octanol–water partition coefficient (Wildman–Crippen LogP) is 6.98. The fourth-order valence-electron chi connectivity index (χ4n) is 4.76. The first-order valence-electron chi connectivity index (χ1n) is 12.4. The Morgan fingerprint density at radius 1 is 0.900 bits per heavy atom. The van der Waals surface area contributed by atoms with Crippen molar-refractivity contribution in [3.63, 3.8) is 0 Å². The molecule has 0 bridgehead atoms. The number of rotatable bonds is 7. The standard InChI is InChI=1S/C32H24BrNO5S/c1-39-32(38)28-27(20-5-3-2-4-6-20)26-17-24(33)15-16-25(26)30(35)34(28)18-19-7-9-21(10-8-19)29(40)22-11-13-23(14-12-22)31(36)37/h2-17,29,40H,18H2,1H3,(H,36,37). The largest absolute Gasteiger partial charge is 0.478 e. The highest BCUT2D eigenvalue weighted by Gasteiger charge is 2.24. The molecule has 0 saturated heterocycles. The maximum Gasteiger partial charge on any atom is 0.355 e. The molecule has 0 saturated carbocycles. The molecule has 6 nitrogen and oxygen atoms in total. The van der Waals surface area contributed by atoms with Crippen LogP contribution in [0.4, 0.5) is 0 Å². The van der Waals surface area contributed by atoms with Gasteiger partial charge >= 0.3 is 11.9 Å². The zero-order valence-electron chi connectivity index (χ0n) is 21.4. The number of fused-ring (bicyclic) bond motifs is 1. The Labute approximate surface area is 244 Å².